The van der Waals surface area contributed by atoms with E-state index in [1.807, 2.05) is 33.9 Å². The predicted molar refractivity (Wildman–Crippen MR) is 84.0 cm³/mol. The quantitative estimate of drug-likeness (QED) is 0.921. The van der Waals surface area contributed by atoms with Gasteiger partial charge in [-0.2, -0.15) is 5.10 Å². The van der Waals surface area contributed by atoms with E-state index in [0.717, 1.165) is 22.7 Å². The summed E-state index contributed by atoms with van der Waals surface area (Å²) in [5, 5.41) is 11.2. The molecule has 120 valence electrons. The highest BCUT2D eigenvalue weighted by Crippen LogP contribution is 2.22. The van der Waals surface area contributed by atoms with Crippen LogP contribution in [0.25, 0.3) is 0 Å². The van der Waals surface area contributed by atoms with Gasteiger partial charge in [0.2, 0.25) is 0 Å². The number of carbonyl (C=O) groups is 1. The zero-order valence-corrected chi connectivity index (χ0v) is 14.1. The van der Waals surface area contributed by atoms with Crippen LogP contribution in [0.1, 0.15) is 65.8 Å². The Hall–Kier alpha value is -2.11. The van der Waals surface area contributed by atoms with Crippen LogP contribution in [0.4, 0.5) is 0 Å². The highest BCUT2D eigenvalue weighted by atomic mass is 16.5. The molecule has 0 radical (unpaired) electrons. The summed E-state index contributed by atoms with van der Waals surface area (Å²) in [5.74, 6) is 1.13. The largest absolute Gasteiger partial charge is 0.361 e. The summed E-state index contributed by atoms with van der Waals surface area (Å²) in [5.41, 5.74) is 3.43. The normalized spacial score (nSPS) is 12.7. The van der Waals surface area contributed by atoms with Gasteiger partial charge in [-0.3, -0.25) is 9.48 Å². The number of aromatic nitrogens is 3. The van der Waals surface area contributed by atoms with Crippen molar-refractivity contribution in [2.24, 2.45) is 7.05 Å². The van der Waals surface area contributed by atoms with Gasteiger partial charge >= 0.3 is 0 Å². The van der Waals surface area contributed by atoms with Gasteiger partial charge in [-0.05, 0) is 25.8 Å². The van der Waals surface area contributed by atoms with E-state index >= 15 is 0 Å². The van der Waals surface area contributed by atoms with Gasteiger partial charge < -0.3 is 9.84 Å². The third kappa shape index (κ3) is 3.21. The van der Waals surface area contributed by atoms with Crippen molar-refractivity contribution in [1.82, 2.24) is 20.3 Å². The van der Waals surface area contributed by atoms with E-state index in [1.165, 1.54) is 0 Å². The molecule has 1 amide bonds. The van der Waals surface area contributed by atoms with Crippen molar-refractivity contribution in [2.75, 3.05) is 6.54 Å². The molecule has 6 heteroatoms. The van der Waals surface area contributed by atoms with Crippen molar-refractivity contribution in [1.29, 1.82) is 0 Å². The maximum absolute atomic E-state index is 12.3. The van der Waals surface area contributed by atoms with E-state index in [1.54, 1.807) is 4.68 Å². The summed E-state index contributed by atoms with van der Waals surface area (Å²) in [4.78, 5) is 12.3. The first kappa shape index (κ1) is 16.3. The molecule has 0 saturated carbocycles. The zero-order chi connectivity index (χ0) is 16.4. The van der Waals surface area contributed by atoms with Crippen LogP contribution in [-0.4, -0.2) is 27.4 Å². The van der Waals surface area contributed by atoms with Crippen molar-refractivity contribution < 1.29 is 9.32 Å². The fourth-order valence-electron chi connectivity index (χ4n) is 2.77. The van der Waals surface area contributed by atoms with Gasteiger partial charge in [-0.1, -0.05) is 25.9 Å². The Morgan fingerprint density at radius 1 is 1.36 bits per heavy atom. The highest BCUT2D eigenvalue weighted by Gasteiger charge is 2.19. The van der Waals surface area contributed by atoms with Gasteiger partial charge in [0.1, 0.15) is 11.5 Å². The average molecular weight is 304 g/mol. The molecule has 0 saturated heterocycles. The number of nitrogens with one attached hydrogen (secondary N) is 1. The van der Waals surface area contributed by atoms with E-state index in [9.17, 15) is 4.79 Å². The Morgan fingerprint density at radius 2 is 2.05 bits per heavy atom. The SMILES string of the molecule is Cc1noc(C)c1[C@@H](C)CNC(=O)c1cc(C(C)C)n(C)n1. The number of hydrogen-bond acceptors (Lipinski definition) is 4. The summed E-state index contributed by atoms with van der Waals surface area (Å²) in [6.45, 7) is 10.5. The van der Waals surface area contributed by atoms with Gasteiger partial charge in [0, 0.05) is 30.8 Å². The molecular formula is C16H24N4O2. The first-order valence-corrected chi connectivity index (χ1v) is 7.56. The van der Waals surface area contributed by atoms with E-state index < -0.39 is 0 Å². The van der Waals surface area contributed by atoms with Crippen LogP contribution in [0.15, 0.2) is 10.6 Å². The summed E-state index contributed by atoms with van der Waals surface area (Å²) < 4.78 is 6.94. The van der Waals surface area contributed by atoms with Crippen LogP contribution in [0.2, 0.25) is 0 Å². The molecule has 1 atom stereocenters. The van der Waals surface area contributed by atoms with Gasteiger partial charge in [-0.25, -0.2) is 0 Å². The number of nitrogens with zero attached hydrogens (tertiary/aromatic N) is 3. The maximum atomic E-state index is 12.3. The molecule has 0 aromatic carbocycles. The first-order valence-electron chi connectivity index (χ1n) is 7.56. The Labute approximate surface area is 130 Å². The molecule has 2 aromatic heterocycles. The van der Waals surface area contributed by atoms with Crippen LogP contribution in [0, 0.1) is 13.8 Å². The molecule has 2 aromatic rings. The molecule has 0 unspecified atom stereocenters. The number of amides is 1. The van der Waals surface area contributed by atoms with Crippen LogP contribution < -0.4 is 5.32 Å². The lowest BCUT2D eigenvalue weighted by Gasteiger charge is -2.11. The molecule has 0 aliphatic heterocycles. The lowest BCUT2D eigenvalue weighted by molar-refractivity contribution is 0.0946. The van der Waals surface area contributed by atoms with Crippen molar-refractivity contribution in [3.63, 3.8) is 0 Å². The smallest absolute Gasteiger partial charge is 0.271 e. The van der Waals surface area contributed by atoms with Crippen LogP contribution in [-0.2, 0) is 7.05 Å². The third-order valence-electron chi connectivity index (χ3n) is 3.89. The number of hydrogen-bond donors (Lipinski definition) is 1. The summed E-state index contributed by atoms with van der Waals surface area (Å²) in [7, 11) is 1.86. The molecule has 0 aliphatic carbocycles. The van der Waals surface area contributed by atoms with E-state index in [-0.39, 0.29) is 11.8 Å². The number of rotatable bonds is 5. The highest BCUT2D eigenvalue weighted by molar-refractivity contribution is 5.92. The predicted octanol–water partition coefficient (Wildman–Crippen LogP) is 2.68. The fourth-order valence-corrected chi connectivity index (χ4v) is 2.77. The third-order valence-corrected chi connectivity index (χ3v) is 3.89. The minimum absolute atomic E-state index is 0.142. The average Bonchev–Trinajstić information content (AvgIpc) is 2.99. The number of aryl methyl sites for hydroxylation is 3. The monoisotopic (exact) mass is 304 g/mol. The van der Waals surface area contributed by atoms with E-state index in [0.29, 0.717) is 18.2 Å². The second-order valence-corrected chi connectivity index (χ2v) is 6.08. The molecule has 2 rings (SSSR count). The second-order valence-electron chi connectivity index (χ2n) is 6.08. The summed E-state index contributed by atoms with van der Waals surface area (Å²) in [6, 6.07) is 1.85. The lowest BCUT2D eigenvalue weighted by Crippen LogP contribution is -2.28. The zero-order valence-electron chi connectivity index (χ0n) is 14.1. The standard InChI is InChI=1S/C16H24N4O2/c1-9(2)14-7-13(18-20(14)6)16(21)17-8-10(3)15-11(4)19-22-12(15)5/h7,9-10H,8H2,1-6H3,(H,17,21)/t10-/m0/s1. The summed E-state index contributed by atoms with van der Waals surface area (Å²) in [6.07, 6.45) is 0. The van der Waals surface area contributed by atoms with Crippen molar-refractivity contribution >= 4 is 5.91 Å². The van der Waals surface area contributed by atoms with Crippen LogP contribution in [0.5, 0.6) is 0 Å². The van der Waals surface area contributed by atoms with Crippen LogP contribution >= 0.6 is 0 Å². The second kappa shape index (κ2) is 6.34. The molecule has 0 fully saturated rings. The van der Waals surface area contributed by atoms with Gasteiger partial charge in [0.25, 0.3) is 5.91 Å². The van der Waals surface area contributed by atoms with Crippen molar-refractivity contribution in [3.05, 3.63) is 34.5 Å². The van der Waals surface area contributed by atoms with Gasteiger partial charge in [0.05, 0.1) is 5.69 Å². The molecule has 6 nitrogen and oxygen atoms in total. The molecular weight excluding hydrogens is 280 g/mol. The topological polar surface area (TPSA) is 73.0 Å². The number of carbonyl (C=O) groups excluding carboxylic acids is 1. The van der Waals surface area contributed by atoms with E-state index in [4.69, 9.17) is 4.52 Å². The maximum Gasteiger partial charge on any atom is 0.271 e. The Kier molecular flexibility index (Phi) is 4.68. The Bertz CT molecular complexity index is 650. The van der Waals surface area contributed by atoms with Gasteiger partial charge in [0.15, 0.2) is 0 Å². The van der Waals surface area contributed by atoms with Crippen LogP contribution in [0.3, 0.4) is 0 Å². The Morgan fingerprint density at radius 3 is 2.55 bits per heavy atom. The Balaban J connectivity index is 2.02. The van der Waals surface area contributed by atoms with E-state index in [2.05, 4.69) is 29.4 Å². The molecule has 0 aliphatic rings. The van der Waals surface area contributed by atoms with Gasteiger partial charge in [-0.15, -0.1) is 0 Å². The first-order chi connectivity index (χ1) is 10.3. The molecule has 0 bridgehead atoms. The summed E-state index contributed by atoms with van der Waals surface area (Å²) >= 11 is 0. The fraction of sp³-hybridized carbons (Fsp3) is 0.562. The van der Waals surface area contributed by atoms with Crippen molar-refractivity contribution in [3.8, 4) is 0 Å². The molecule has 0 spiro atoms. The minimum Gasteiger partial charge on any atom is -0.361 e. The van der Waals surface area contributed by atoms with Crippen molar-refractivity contribution in [2.45, 2.75) is 46.5 Å². The molecule has 2 heterocycles. The lowest BCUT2D eigenvalue weighted by atomic mass is 9.99. The molecule has 22 heavy (non-hydrogen) atoms. The minimum atomic E-state index is -0.152. The molecule has 1 N–H and O–H groups in total.